The van der Waals surface area contributed by atoms with Crippen molar-refractivity contribution in [2.24, 2.45) is 0 Å². The van der Waals surface area contributed by atoms with Gasteiger partial charge in [-0.1, -0.05) is 6.07 Å². The van der Waals surface area contributed by atoms with E-state index in [9.17, 15) is 4.79 Å². The van der Waals surface area contributed by atoms with Gasteiger partial charge in [0.2, 0.25) is 5.88 Å². The number of benzene rings is 1. The van der Waals surface area contributed by atoms with Crippen molar-refractivity contribution in [1.29, 1.82) is 0 Å². The smallest absolute Gasteiger partial charge is 0.259 e. The first-order valence-corrected chi connectivity index (χ1v) is 7.75. The fraction of sp³-hybridized carbons (Fsp3) is 0.333. The summed E-state index contributed by atoms with van der Waals surface area (Å²) in [6.07, 6.45) is 2.46. The number of carbonyl (C=O) groups is 1. The Hall–Kier alpha value is -2.56. The number of carbonyl (C=O) groups excluding carboxylic acids is 1. The van der Waals surface area contributed by atoms with E-state index in [0.29, 0.717) is 31.1 Å². The zero-order valence-electron chi connectivity index (χ0n) is 13.4. The van der Waals surface area contributed by atoms with Crippen LogP contribution in [0.15, 0.2) is 36.5 Å². The SMILES string of the molecule is CCOc1ccc2c(c1)CN(C(=O)c1cccnc1OC)CC2. The highest BCUT2D eigenvalue weighted by molar-refractivity contribution is 5.96. The summed E-state index contributed by atoms with van der Waals surface area (Å²) in [4.78, 5) is 18.7. The number of nitrogens with zero attached hydrogens (tertiary/aromatic N) is 2. The van der Waals surface area contributed by atoms with Crippen LogP contribution in [-0.4, -0.2) is 36.1 Å². The van der Waals surface area contributed by atoms with Crippen molar-refractivity contribution in [3.63, 3.8) is 0 Å². The van der Waals surface area contributed by atoms with Crippen LogP contribution in [0.3, 0.4) is 0 Å². The van der Waals surface area contributed by atoms with Crippen molar-refractivity contribution in [3.05, 3.63) is 53.2 Å². The average Bonchev–Trinajstić information content (AvgIpc) is 2.60. The highest BCUT2D eigenvalue weighted by Crippen LogP contribution is 2.26. The predicted octanol–water partition coefficient (Wildman–Crippen LogP) is 2.69. The second-order valence-electron chi connectivity index (χ2n) is 5.40. The van der Waals surface area contributed by atoms with E-state index in [1.165, 1.54) is 12.7 Å². The summed E-state index contributed by atoms with van der Waals surface area (Å²) >= 11 is 0. The van der Waals surface area contributed by atoms with E-state index in [2.05, 4.69) is 11.1 Å². The van der Waals surface area contributed by atoms with E-state index in [-0.39, 0.29) is 5.91 Å². The van der Waals surface area contributed by atoms with Gasteiger partial charge in [-0.3, -0.25) is 4.79 Å². The molecule has 0 radical (unpaired) electrons. The highest BCUT2D eigenvalue weighted by Gasteiger charge is 2.24. The normalized spacial score (nSPS) is 13.4. The highest BCUT2D eigenvalue weighted by atomic mass is 16.5. The first-order chi connectivity index (χ1) is 11.2. The number of pyridine rings is 1. The third-order valence-corrected chi connectivity index (χ3v) is 3.98. The van der Waals surface area contributed by atoms with Crippen LogP contribution in [0.1, 0.15) is 28.4 Å². The van der Waals surface area contributed by atoms with Crippen molar-refractivity contribution < 1.29 is 14.3 Å². The van der Waals surface area contributed by atoms with Gasteiger partial charge in [-0.25, -0.2) is 4.98 Å². The number of fused-ring (bicyclic) bond motifs is 1. The molecule has 0 fully saturated rings. The van der Waals surface area contributed by atoms with E-state index < -0.39 is 0 Å². The topological polar surface area (TPSA) is 51.7 Å². The monoisotopic (exact) mass is 312 g/mol. The predicted molar refractivity (Wildman–Crippen MR) is 86.8 cm³/mol. The summed E-state index contributed by atoms with van der Waals surface area (Å²) < 4.78 is 10.8. The Morgan fingerprint density at radius 1 is 1.30 bits per heavy atom. The van der Waals surface area contributed by atoms with Gasteiger partial charge in [-0.15, -0.1) is 0 Å². The van der Waals surface area contributed by atoms with E-state index in [1.54, 1.807) is 18.3 Å². The van der Waals surface area contributed by atoms with E-state index in [4.69, 9.17) is 9.47 Å². The Labute approximate surface area is 135 Å². The van der Waals surface area contributed by atoms with Crippen molar-refractivity contribution in [3.8, 4) is 11.6 Å². The zero-order chi connectivity index (χ0) is 16.2. The molecule has 0 N–H and O–H groups in total. The van der Waals surface area contributed by atoms with Crippen LogP contribution in [-0.2, 0) is 13.0 Å². The van der Waals surface area contributed by atoms with Gasteiger partial charge in [-0.2, -0.15) is 0 Å². The Morgan fingerprint density at radius 3 is 2.96 bits per heavy atom. The number of amides is 1. The van der Waals surface area contributed by atoms with Gasteiger partial charge in [-0.05, 0) is 48.7 Å². The molecule has 3 rings (SSSR count). The summed E-state index contributed by atoms with van der Waals surface area (Å²) in [5, 5.41) is 0. The molecule has 2 heterocycles. The molecule has 1 amide bonds. The lowest BCUT2D eigenvalue weighted by atomic mass is 9.99. The van der Waals surface area contributed by atoms with Crippen LogP contribution in [0.25, 0.3) is 0 Å². The quantitative estimate of drug-likeness (QED) is 0.871. The average molecular weight is 312 g/mol. The van der Waals surface area contributed by atoms with Gasteiger partial charge in [0.05, 0.1) is 13.7 Å². The van der Waals surface area contributed by atoms with E-state index >= 15 is 0 Å². The van der Waals surface area contributed by atoms with Gasteiger partial charge in [0.15, 0.2) is 0 Å². The third-order valence-electron chi connectivity index (χ3n) is 3.98. The van der Waals surface area contributed by atoms with Crippen LogP contribution in [0.2, 0.25) is 0 Å². The van der Waals surface area contributed by atoms with Gasteiger partial charge in [0.25, 0.3) is 5.91 Å². The second kappa shape index (κ2) is 6.69. The number of methoxy groups -OCH3 is 1. The molecule has 2 aromatic rings. The molecule has 5 nitrogen and oxygen atoms in total. The molecule has 0 aliphatic carbocycles. The Kier molecular flexibility index (Phi) is 4.46. The maximum Gasteiger partial charge on any atom is 0.259 e. The zero-order valence-corrected chi connectivity index (χ0v) is 13.4. The van der Waals surface area contributed by atoms with Crippen LogP contribution in [0, 0.1) is 0 Å². The molecule has 1 aliphatic rings. The molecule has 23 heavy (non-hydrogen) atoms. The molecule has 0 unspecified atom stereocenters. The van der Waals surface area contributed by atoms with Crippen LogP contribution in [0.4, 0.5) is 0 Å². The van der Waals surface area contributed by atoms with Crippen LogP contribution < -0.4 is 9.47 Å². The summed E-state index contributed by atoms with van der Waals surface area (Å²) in [7, 11) is 1.53. The molecular formula is C18H20N2O3. The van der Waals surface area contributed by atoms with Crippen molar-refractivity contribution in [2.45, 2.75) is 19.9 Å². The fourth-order valence-corrected chi connectivity index (χ4v) is 2.85. The molecule has 1 aromatic heterocycles. The molecule has 1 aliphatic heterocycles. The summed E-state index contributed by atoms with van der Waals surface area (Å²) in [6, 6.07) is 9.61. The van der Waals surface area contributed by atoms with Gasteiger partial charge < -0.3 is 14.4 Å². The van der Waals surface area contributed by atoms with Gasteiger partial charge in [0.1, 0.15) is 11.3 Å². The fourth-order valence-electron chi connectivity index (χ4n) is 2.85. The summed E-state index contributed by atoms with van der Waals surface area (Å²) in [5.41, 5.74) is 2.91. The Bertz CT molecular complexity index is 715. The standard InChI is InChI=1S/C18H20N2O3/c1-3-23-15-7-6-13-8-10-20(12-14(13)11-15)18(21)16-5-4-9-19-17(16)22-2/h4-7,9,11H,3,8,10,12H2,1-2H3. The maximum absolute atomic E-state index is 12.8. The van der Waals surface area contributed by atoms with Gasteiger partial charge >= 0.3 is 0 Å². The second-order valence-corrected chi connectivity index (χ2v) is 5.40. The van der Waals surface area contributed by atoms with Crippen LogP contribution in [0.5, 0.6) is 11.6 Å². The van der Waals surface area contributed by atoms with Crippen molar-refractivity contribution in [1.82, 2.24) is 9.88 Å². The molecule has 0 atom stereocenters. The molecule has 0 saturated heterocycles. The van der Waals surface area contributed by atoms with Crippen molar-refractivity contribution in [2.75, 3.05) is 20.3 Å². The molecule has 1 aromatic carbocycles. The first-order valence-electron chi connectivity index (χ1n) is 7.75. The summed E-state index contributed by atoms with van der Waals surface area (Å²) in [6.45, 7) is 3.86. The number of hydrogen-bond donors (Lipinski definition) is 0. The molecule has 0 saturated carbocycles. The lowest BCUT2D eigenvalue weighted by molar-refractivity contribution is 0.0730. The maximum atomic E-state index is 12.8. The minimum absolute atomic E-state index is 0.0533. The minimum atomic E-state index is -0.0533. The number of hydrogen-bond acceptors (Lipinski definition) is 4. The van der Waals surface area contributed by atoms with Crippen molar-refractivity contribution >= 4 is 5.91 Å². The van der Waals surface area contributed by atoms with Gasteiger partial charge in [0, 0.05) is 19.3 Å². The summed E-state index contributed by atoms with van der Waals surface area (Å²) in [5.74, 6) is 1.16. The lowest BCUT2D eigenvalue weighted by Gasteiger charge is -2.29. The first kappa shape index (κ1) is 15.3. The molecule has 0 bridgehead atoms. The van der Waals surface area contributed by atoms with E-state index in [0.717, 1.165) is 17.7 Å². The Morgan fingerprint density at radius 2 is 2.17 bits per heavy atom. The number of rotatable bonds is 4. The molecular weight excluding hydrogens is 292 g/mol. The molecule has 120 valence electrons. The Balaban J connectivity index is 1.83. The largest absolute Gasteiger partial charge is 0.494 e. The minimum Gasteiger partial charge on any atom is -0.494 e. The van der Waals surface area contributed by atoms with E-state index in [1.807, 2.05) is 24.0 Å². The number of ether oxygens (including phenoxy) is 2. The molecule has 0 spiro atoms. The third kappa shape index (κ3) is 3.13. The van der Waals surface area contributed by atoms with Crippen LogP contribution >= 0.6 is 0 Å². The lowest BCUT2D eigenvalue weighted by Crippen LogP contribution is -2.36. The number of aromatic nitrogens is 1. The molecule has 5 heteroatoms.